The van der Waals surface area contributed by atoms with Gasteiger partial charge in [0.2, 0.25) is 0 Å². The highest BCUT2D eigenvalue weighted by molar-refractivity contribution is 5.09. The first kappa shape index (κ1) is 17.3. The van der Waals surface area contributed by atoms with Crippen LogP contribution in [0.4, 0.5) is 13.2 Å². The number of rotatable bonds is 9. The van der Waals surface area contributed by atoms with Crippen LogP contribution in [0.5, 0.6) is 0 Å². The van der Waals surface area contributed by atoms with Crippen LogP contribution in [0.3, 0.4) is 0 Å². The van der Waals surface area contributed by atoms with E-state index in [2.05, 4.69) is 11.4 Å². The van der Waals surface area contributed by atoms with Crippen LogP contribution in [0, 0.1) is 11.3 Å². The second-order valence-electron chi connectivity index (χ2n) is 5.55. The van der Waals surface area contributed by atoms with Gasteiger partial charge in [0.25, 0.3) is 0 Å². The molecule has 1 saturated carbocycles. The van der Waals surface area contributed by atoms with E-state index in [9.17, 15) is 18.4 Å². The van der Waals surface area contributed by atoms with Crippen LogP contribution in [0.2, 0.25) is 0 Å². The van der Waals surface area contributed by atoms with Crippen LogP contribution in [0.15, 0.2) is 0 Å². The van der Waals surface area contributed by atoms with E-state index < -0.39 is 18.3 Å². The molecule has 0 amide bonds. The average molecular weight is 291 g/mol. The molecule has 1 unspecified atom stereocenters. The van der Waals surface area contributed by atoms with Crippen LogP contribution < -0.4 is 5.32 Å². The Balaban J connectivity index is 2.40. The standard InChI is InChI=1S/C14H24F3N3/c1-3-13(10-18,19-12-6-7-12)8-5-9-20(4-2)11-14(15,16)17/h12,19H,3-9,11H2,1-2H3. The number of hydrogen-bond acceptors (Lipinski definition) is 3. The number of alkyl halides is 3. The summed E-state index contributed by atoms with van der Waals surface area (Å²) in [6, 6.07) is 2.75. The number of nitrogens with one attached hydrogen (secondary N) is 1. The minimum absolute atomic E-state index is 0.376. The number of halogens is 3. The first-order valence-electron chi connectivity index (χ1n) is 7.32. The minimum atomic E-state index is -4.15. The molecule has 1 aliphatic carbocycles. The van der Waals surface area contributed by atoms with Gasteiger partial charge < -0.3 is 0 Å². The molecule has 0 aliphatic heterocycles. The molecule has 1 aliphatic rings. The SMILES string of the molecule is CCN(CCCC(C#N)(CC)NC1CC1)CC(F)(F)F. The molecule has 0 saturated heterocycles. The topological polar surface area (TPSA) is 39.1 Å². The average Bonchev–Trinajstić information content (AvgIpc) is 3.18. The van der Waals surface area contributed by atoms with Crippen molar-refractivity contribution in [2.45, 2.75) is 63.7 Å². The van der Waals surface area contributed by atoms with E-state index in [0.717, 1.165) is 12.8 Å². The van der Waals surface area contributed by atoms with E-state index >= 15 is 0 Å². The molecule has 0 bridgehead atoms. The Kier molecular flexibility index (Phi) is 6.28. The number of nitriles is 1. The molecule has 0 heterocycles. The predicted molar refractivity (Wildman–Crippen MR) is 72.2 cm³/mol. The van der Waals surface area contributed by atoms with Crippen LogP contribution >= 0.6 is 0 Å². The lowest BCUT2D eigenvalue weighted by molar-refractivity contribution is -0.145. The minimum Gasteiger partial charge on any atom is -0.297 e. The van der Waals surface area contributed by atoms with E-state index in [1.807, 2.05) is 6.92 Å². The molecule has 0 spiro atoms. The van der Waals surface area contributed by atoms with Crippen LogP contribution in [-0.4, -0.2) is 42.3 Å². The van der Waals surface area contributed by atoms with Crippen molar-refractivity contribution >= 4 is 0 Å². The highest BCUT2D eigenvalue weighted by Crippen LogP contribution is 2.27. The monoisotopic (exact) mass is 291 g/mol. The Morgan fingerprint density at radius 3 is 2.35 bits per heavy atom. The number of hydrogen-bond donors (Lipinski definition) is 1. The van der Waals surface area contributed by atoms with E-state index in [1.54, 1.807) is 6.92 Å². The summed E-state index contributed by atoms with van der Waals surface area (Å²) in [4.78, 5) is 1.38. The number of nitrogens with zero attached hydrogens (tertiary/aromatic N) is 2. The van der Waals surface area contributed by atoms with Gasteiger partial charge in [0.15, 0.2) is 0 Å². The molecule has 0 aromatic carbocycles. The van der Waals surface area contributed by atoms with Crippen molar-refractivity contribution in [1.29, 1.82) is 5.26 Å². The smallest absolute Gasteiger partial charge is 0.297 e. The Hall–Kier alpha value is -0.800. The molecule has 1 rings (SSSR count). The van der Waals surface area contributed by atoms with Crippen molar-refractivity contribution in [3.05, 3.63) is 0 Å². The molecule has 1 N–H and O–H groups in total. The van der Waals surface area contributed by atoms with E-state index in [0.29, 0.717) is 38.4 Å². The highest BCUT2D eigenvalue weighted by atomic mass is 19.4. The normalized spacial score (nSPS) is 18.9. The molecule has 0 aromatic rings. The predicted octanol–water partition coefficient (Wildman–Crippen LogP) is 3.08. The van der Waals surface area contributed by atoms with E-state index in [-0.39, 0.29) is 0 Å². The van der Waals surface area contributed by atoms with Crippen LogP contribution in [0.1, 0.15) is 46.0 Å². The van der Waals surface area contributed by atoms with Crippen LogP contribution in [-0.2, 0) is 0 Å². The van der Waals surface area contributed by atoms with Gasteiger partial charge >= 0.3 is 6.18 Å². The first-order chi connectivity index (χ1) is 9.34. The summed E-state index contributed by atoms with van der Waals surface area (Å²) in [6.07, 6.45) is -0.0716. The summed E-state index contributed by atoms with van der Waals surface area (Å²) >= 11 is 0. The maximum absolute atomic E-state index is 12.4. The van der Waals surface area contributed by atoms with Gasteiger partial charge in [0.1, 0.15) is 5.54 Å². The zero-order valence-corrected chi connectivity index (χ0v) is 12.3. The van der Waals surface area contributed by atoms with Crippen molar-refractivity contribution < 1.29 is 13.2 Å². The lowest BCUT2D eigenvalue weighted by Gasteiger charge is -2.28. The van der Waals surface area contributed by atoms with E-state index in [4.69, 9.17) is 0 Å². The molecular formula is C14H24F3N3. The quantitative estimate of drug-likeness (QED) is 0.709. The fraction of sp³-hybridized carbons (Fsp3) is 0.929. The van der Waals surface area contributed by atoms with Gasteiger partial charge in [0.05, 0.1) is 12.6 Å². The fourth-order valence-electron chi connectivity index (χ4n) is 2.34. The molecule has 6 heteroatoms. The third kappa shape index (κ3) is 6.10. The van der Waals surface area contributed by atoms with Gasteiger partial charge in [-0.05, 0) is 45.2 Å². The highest BCUT2D eigenvalue weighted by Gasteiger charge is 2.35. The van der Waals surface area contributed by atoms with Crippen molar-refractivity contribution in [2.75, 3.05) is 19.6 Å². The Labute approximate surface area is 119 Å². The fourth-order valence-corrected chi connectivity index (χ4v) is 2.34. The second-order valence-corrected chi connectivity index (χ2v) is 5.55. The molecule has 0 aromatic heterocycles. The Morgan fingerprint density at radius 2 is 1.95 bits per heavy atom. The van der Waals surface area contributed by atoms with Gasteiger partial charge in [-0.3, -0.25) is 10.2 Å². The molecule has 0 radical (unpaired) electrons. The van der Waals surface area contributed by atoms with Crippen LogP contribution in [0.25, 0.3) is 0 Å². The van der Waals surface area contributed by atoms with Gasteiger partial charge in [-0.15, -0.1) is 0 Å². The van der Waals surface area contributed by atoms with Gasteiger partial charge in [0, 0.05) is 6.04 Å². The molecular weight excluding hydrogens is 267 g/mol. The van der Waals surface area contributed by atoms with Gasteiger partial charge in [-0.25, -0.2) is 0 Å². The van der Waals surface area contributed by atoms with Gasteiger partial charge in [-0.1, -0.05) is 13.8 Å². The summed E-state index contributed by atoms with van der Waals surface area (Å²) in [7, 11) is 0. The third-order valence-electron chi connectivity index (χ3n) is 3.80. The van der Waals surface area contributed by atoms with E-state index in [1.165, 1.54) is 4.90 Å². The second kappa shape index (κ2) is 7.28. The summed E-state index contributed by atoms with van der Waals surface area (Å²) in [6.45, 7) is 3.57. The maximum Gasteiger partial charge on any atom is 0.401 e. The lowest BCUT2D eigenvalue weighted by atomic mass is 9.91. The molecule has 3 nitrogen and oxygen atoms in total. The maximum atomic E-state index is 12.4. The lowest BCUT2D eigenvalue weighted by Crippen LogP contribution is -2.45. The zero-order valence-electron chi connectivity index (χ0n) is 12.3. The summed E-state index contributed by atoms with van der Waals surface area (Å²) in [5.41, 5.74) is -0.571. The largest absolute Gasteiger partial charge is 0.401 e. The van der Waals surface area contributed by atoms with Crippen molar-refractivity contribution in [3.8, 4) is 6.07 Å². The molecule has 1 fully saturated rings. The molecule has 1 atom stereocenters. The third-order valence-corrected chi connectivity index (χ3v) is 3.80. The van der Waals surface area contributed by atoms with Crippen molar-refractivity contribution in [2.24, 2.45) is 0 Å². The molecule has 20 heavy (non-hydrogen) atoms. The summed E-state index contributed by atoms with van der Waals surface area (Å²) in [5.74, 6) is 0. The van der Waals surface area contributed by atoms with Crippen molar-refractivity contribution in [3.63, 3.8) is 0 Å². The first-order valence-corrected chi connectivity index (χ1v) is 7.32. The molecule has 116 valence electrons. The summed E-state index contributed by atoms with van der Waals surface area (Å²) < 4.78 is 37.1. The zero-order chi connectivity index (χ0) is 15.2. The van der Waals surface area contributed by atoms with Gasteiger partial charge in [-0.2, -0.15) is 18.4 Å². The Bertz CT molecular complexity index is 334. The Morgan fingerprint density at radius 1 is 1.30 bits per heavy atom. The summed E-state index contributed by atoms with van der Waals surface area (Å²) in [5, 5.41) is 12.7. The van der Waals surface area contributed by atoms with Crippen molar-refractivity contribution in [1.82, 2.24) is 10.2 Å².